The number of benzene rings is 2. The van der Waals surface area contributed by atoms with Crippen LogP contribution in [0.5, 0.6) is 17.2 Å². The van der Waals surface area contributed by atoms with Crippen molar-refractivity contribution < 1.29 is 19.0 Å². The predicted molar refractivity (Wildman–Crippen MR) is 108 cm³/mol. The molecule has 0 aliphatic heterocycles. The van der Waals surface area contributed by atoms with Crippen molar-refractivity contribution in [1.82, 2.24) is 5.32 Å². The first-order chi connectivity index (χ1) is 12.6. The molecular weight excluding hydrogens is 418 g/mol. The summed E-state index contributed by atoms with van der Waals surface area (Å²) < 4.78 is 17.0. The Labute approximate surface area is 166 Å². The summed E-state index contributed by atoms with van der Waals surface area (Å²) in [6, 6.07) is 11.8. The molecule has 0 saturated heterocycles. The van der Waals surface area contributed by atoms with E-state index >= 15 is 0 Å². The van der Waals surface area contributed by atoms with Crippen LogP contribution in [0.1, 0.15) is 11.1 Å². The summed E-state index contributed by atoms with van der Waals surface area (Å²) >= 11 is 4.99. The largest absolute Gasteiger partial charge is 0.493 e. The minimum atomic E-state index is -0.0131. The lowest BCUT2D eigenvalue weighted by Gasteiger charge is -2.14. The molecule has 0 atom stereocenters. The van der Waals surface area contributed by atoms with Gasteiger partial charge in [-0.2, -0.15) is 0 Å². The van der Waals surface area contributed by atoms with E-state index in [-0.39, 0.29) is 5.91 Å². The Hall–Kier alpha value is -1.86. The Kier molecular flexibility index (Phi) is 8.12. The Morgan fingerprint density at radius 3 is 2.15 bits per heavy atom. The average Bonchev–Trinajstić information content (AvgIpc) is 2.66. The van der Waals surface area contributed by atoms with Gasteiger partial charge in [0.05, 0.1) is 27.1 Å². The maximum atomic E-state index is 12.1. The van der Waals surface area contributed by atoms with Crippen LogP contribution in [0.4, 0.5) is 0 Å². The second-order valence-corrected chi connectivity index (χ2v) is 7.33. The quantitative estimate of drug-likeness (QED) is 0.639. The van der Waals surface area contributed by atoms with Crippen molar-refractivity contribution in [2.45, 2.75) is 12.3 Å². The van der Waals surface area contributed by atoms with Gasteiger partial charge in [0, 0.05) is 16.8 Å². The molecule has 1 amide bonds. The van der Waals surface area contributed by atoms with Crippen molar-refractivity contribution in [3.63, 3.8) is 0 Å². The Morgan fingerprint density at radius 2 is 1.62 bits per heavy atom. The average molecular weight is 440 g/mol. The van der Waals surface area contributed by atoms with Crippen LogP contribution in [0.2, 0.25) is 0 Å². The lowest BCUT2D eigenvalue weighted by Crippen LogP contribution is -2.24. The van der Waals surface area contributed by atoms with Crippen LogP contribution in [0.25, 0.3) is 0 Å². The number of methoxy groups -OCH3 is 3. The van der Waals surface area contributed by atoms with Gasteiger partial charge in [-0.1, -0.05) is 28.1 Å². The summed E-state index contributed by atoms with van der Waals surface area (Å²) in [5.41, 5.74) is 2.07. The highest BCUT2D eigenvalue weighted by molar-refractivity contribution is 9.10. The van der Waals surface area contributed by atoms with Crippen LogP contribution in [-0.2, 0) is 17.1 Å². The molecule has 140 valence electrons. The zero-order chi connectivity index (χ0) is 18.9. The van der Waals surface area contributed by atoms with Crippen molar-refractivity contribution in [1.29, 1.82) is 0 Å². The van der Waals surface area contributed by atoms with Crippen molar-refractivity contribution in [2.75, 3.05) is 27.1 Å². The number of carbonyl (C=O) groups is 1. The molecule has 0 bridgehead atoms. The fourth-order valence-corrected chi connectivity index (χ4v) is 3.41. The Bertz CT molecular complexity index is 712. The van der Waals surface area contributed by atoms with E-state index in [0.717, 1.165) is 15.8 Å². The smallest absolute Gasteiger partial charge is 0.230 e. The first-order valence-electron chi connectivity index (χ1n) is 7.95. The number of nitrogens with one attached hydrogen (secondary N) is 1. The highest BCUT2D eigenvalue weighted by Crippen LogP contribution is 2.38. The monoisotopic (exact) mass is 439 g/mol. The number of hydrogen-bond acceptors (Lipinski definition) is 5. The van der Waals surface area contributed by atoms with Gasteiger partial charge in [-0.25, -0.2) is 0 Å². The third-order valence-corrected chi connectivity index (χ3v) is 5.16. The van der Waals surface area contributed by atoms with Gasteiger partial charge >= 0.3 is 0 Å². The molecule has 0 aliphatic carbocycles. The summed E-state index contributed by atoms with van der Waals surface area (Å²) in [4.78, 5) is 12.1. The molecule has 0 saturated carbocycles. The Balaban J connectivity index is 1.85. The highest BCUT2D eigenvalue weighted by atomic mass is 79.9. The number of halogens is 1. The summed E-state index contributed by atoms with van der Waals surface area (Å²) in [5.74, 6) is 2.86. The molecular formula is C19H22BrNO4S. The molecule has 0 aliphatic rings. The van der Waals surface area contributed by atoms with Gasteiger partial charge in [-0.3, -0.25) is 4.79 Å². The van der Waals surface area contributed by atoms with Crippen molar-refractivity contribution >= 4 is 33.6 Å². The summed E-state index contributed by atoms with van der Waals surface area (Å²) in [6.07, 6.45) is 0. The van der Waals surface area contributed by atoms with Gasteiger partial charge in [0.1, 0.15) is 0 Å². The van der Waals surface area contributed by atoms with E-state index in [1.807, 2.05) is 36.4 Å². The first kappa shape index (κ1) is 20.5. The van der Waals surface area contributed by atoms with E-state index in [1.54, 1.807) is 33.1 Å². The molecule has 7 heteroatoms. The second kappa shape index (κ2) is 10.3. The molecule has 0 spiro atoms. The fourth-order valence-electron chi connectivity index (χ4n) is 2.33. The molecule has 2 rings (SSSR count). The van der Waals surface area contributed by atoms with Crippen molar-refractivity contribution in [2.24, 2.45) is 0 Å². The number of hydrogen-bond donors (Lipinski definition) is 1. The van der Waals surface area contributed by atoms with E-state index in [2.05, 4.69) is 21.2 Å². The van der Waals surface area contributed by atoms with E-state index in [9.17, 15) is 4.79 Å². The number of thioether (sulfide) groups is 1. The molecule has 26 heavy (non-hydrogen) atoms. The third-order valence-electron chi connectivity index (χ3n) is 3.63. The normalized spacial score (nSPS) is 10.3. The topological polar surface area (TPSA) is 56.8 Å². The van der Waals surface area contributed by atoms with E-state index < -0.39 is 0 Å². The Morgan fingerprint density at radius 1 is 1.00 bits per heavy atom. The van der Waals surface area contributed by atoms with Crippen LogP contribution in [0.15, 0.2) is 40.9 Å². The molecule has 0 unspecified atom stereocenters. The van der Waals surface area contributed by atoms with Gasteiger partial charge in [0.25, 0.3) is 0 Å². The van der Waals surface area contributed by atoms with Crippen LogP contribution < -0.4 is 19.5 Å². The number of rotatable bonds is 9. The minimum absolute atomic E-state index is 0.0131. The number of amides is 1. The first-order valence-corrected chi connectivity index (χ1v) is 9.90. The van der Waals surface area contributed by atoms with Gasteiger partial charge in [0.2, 0.25) is 11.7 Å². The van der Waals surface area contributed by atoms with Crippen molar-refractivity contribution in [3.8, 4) is 17.2 Å². The molecule has 0 heterocycles. The zero-order valence-corrected chi connectivity index (χ0v) is 17.4. The summed E-state index contributed by atoms with van der Waals surface area (Å²) in [5, 5.41) is 2.92. The molecule has 5 nitrogen and oxygen atoms in total. The van der Waals surface area contributed by atoms with Gasteiger partial charge < -0.3 is 19.5 Å². The van der Waals surface area contributed by atoms with Gasteiger partial charge in [-0.05, 0) is 35.4 Å². The molecule has 1 N–H and O–H groups in total. The van der Waals surface area contributed by atoms with E-state index in [1.165, 1.54) is 5.56 Å². The van der Waals surface area contributed by atoms with Crippen LogP contribution in [0.3, 0.4) is 0 Å². The lowest BCUT2D eigenvalue weighted by atomic mass is 10.2. The third kappa shape index (κ3) is 5.85. The summed E-state index contributed by atoms with van der Waals surface area (Å²) in [7, 11) is 4.70. The standard InChI is InChI=1S/C19H22BrNO4S/c1-23-16-8-14(9-17(24-2)19(16)25-3)10-21-18(22)12-26-11-13-4-6-15(20)7-5-13/h4-9H,10-12H2,1-3H3,(H,21,22). The SMILES string of the molecule is COc1cc(CNC(=O)CSCc2ccc(Br)cc2)cc(OC)c1OC. The highest BCUT2D eigenvalue weighted by Gasteiger charge is 2.13. The van der Waals surface area contributed by atoms with Crippen LogP contribution in [-0.4, -0.2) is 33.0 Å². The van der Waals surface area contributed by atoms with Crippen molar-refractivity contribution in [3.05, 3.63) is 52.0 Å². The lowest BCUT2D eigenvalue weighted by molar-refractivity contribution is -0.118. The molecule has 0 aromatic heterocycles. The maximum absolute atomic E-state index is 12.1. The zero-order valence-electron chi connectivity index (χ0n) is 15.0. The summed E-state index contributed by atoms with van der Waals surface area (Å²) in [6.45, 7) is 0.397. The number of ether oxygens (including phenoxy) is 3. The minimum Gasteiger partial charge on any atom is -0.493 e. The molecule has 0 fully saturated rings. The fraction of sp³-hybridized carbons (Fsp3) is 0.316. The van der Waals surface area contributed by atoms with Crippen LogP contribution >= 0.6 is 27.7 Å². The molecule has 2 aromatic rings. The van der Waals surface area contributed by atoms with Gasteiger partial charge in [-0.15, -0.1) is 11.8 Å². The maximum Gasteiger partial charge on any atom is 0.230 e. The van der Waals surface area contributed by atoms with E-state index in [4.69, 9.17) is 14.2 Å². The van der Waals surface area contributed by atoms with Crippen LogP contribution in [0, 0.1) is 0 Å². The predicted octanol–water partition coefficient (Wildman–Crippen LogP) is 4.02. The second-order valence-electron chi connectivity index (χ2n) is 5.43. The molecule has 0 radical (unpaired) electrons. The molecule has 2 aromatic carbocycles. The van der Waals surface area contributed by atoms with E-state index in [0.29, 0.717) is 29.5 Å². The van der Waals surface area contributed by atoms with Gasteiger partial charge in [0.15, 0.2) is 11.5 Å². The number of carbonyl (C=O) groups excluding carboxylic acids is 1.